The van der Waals surface area contributed by atoms with Crippen molar-refractivity contribution in [3.63, 3.8) is 0 Å². The molecule has 0 saturated carbocycles. The number of aliphatic carboxylic acids is 1. The zero-order valence-corrected chi connectivity index (χ0v) is 22.8. The summed E-state index contributed by atoms with van der Waals surface area (Å²) in [5, 5.41) is 14.3. The molecule has 9 heteroatoms. The fraction of sp³-hybridized carbons (Fsp3) is 0.387. The molecule has 1 fully saturated rings. The molecule has 0 radical (unpaired) electrons. The first-order valence-corrected chi connectivity index (χ1v) is 13.4. The zero-order chi connectivity index (χ0) is 28.8. The van der Waals surface area contributed by atoms with Gasteiger partial charge in [0.2, 0.25) is 0 Å². The Kier molecular flexibility index (Phi) is 12.6. The summed E-state index contributed by atoms with van der Waals surface area (Å²) in [5.41, 5.74) is 6.60. The van der Waals surface area contributed by atoms with Crippen molar-refractivity contribution >= 4 is 5.97 Å². The highest BCUT2D eigenvalue weighted by Crippen LogP contribution is 2.21. The van der Waals surface area contributed by atoms with E-state index in [0.717, 1.165) is 32.8 Å². The van der Waals surface area contributed by atoms with E-state index < -0.39 is 12.1 Å². The van der Waals surface area contributed by atoms with E-state index in [4.69, 9.17) is 14.6 Å². The third kappa shape index (κ3) is 11.1. The van der Waals surface area contributed by atoms with Crippen molar-refractivity contribution in [1.82, 2.24) is 15.5 Å². The largest absolute Gasteiger partial charge is 0.490 e. The number of hydrogen-bond donors (Lipinski definition) is 3. The first-order chi connectivity index (χ1) is 19.2. The third-order valence-corrected chi connectivity index (χ3v) is 6.73. The van der Waals surface area contributed by atoms with E-state index in [0.29, 0.717) is 6.04 Å². The van der Waals surface area contributed by atoms with Gasteiger partial charge >= 0.3 is 12.1 Å². The molecule has 3 aromatic rings. The number of halogens is 3. The second-order valence-corrected chi connectivity index (χ2v) is 9.78. The van der Waals surface area contributed by atoms with Crippen molar-refractivity contribution < 1.29 is 27.8 Å². The number of ether oxygens (including phenoxy) is 1. The van der Waals surface area contributed by atoms with Crippen LogP contribution >= 0.6 is 0 Å². The number of hydrogen-bond acceptors (Lipinski definition) is 5. The zero-order valence-electron chi connectivity index (χ0n) is 22.8. The molecule has 0 amide bonds. The predicted octanol–water partition coefficient (Wildman–Crippen LogP) is 5.48. The van der Waals surface area contributed by atoms with Gasteiger partial charge in [-0.05, 0) is 53.7 Å². The van der Waals surface area contributed by atoms with E-state index in [1.807, 2.05) is 0 Å². The van der Waals surface area contributed by atoms with Crippen LogP contribution in [0.2, 0.25) is 0 Å². The first-order valence-electron chi connectivity index (χ1n) is 13.4. The maximum atomic E-state index is 10.6. The second kappa shape index (κ2) is 16.1. The quantitative estimate of drug-likeness (QED) is 0.271. The fourth-order valence-electron chi connectivity index (χ4n) is 4.44. The molecule has 40 heavy (non-hydrogen) atoms. The number of nitrogens with one attached hydrogen (secondary N) is 2. The molecule has 0 atom stereocenters. The Balaban J connectivity index is 0.000000559. The Morgan fingerprint density at radius 2 is 1.40 bits per heavy atom. The minimum atomic E-state index is -5.08. The summed E-state index contributed by atoms with van der Waals surface area (Å²) in [6.45, 7) is 6.84. The maximum Gasteiger partial charge on any atom is 0.490 e. The van der Waals surface area contributed by atoms with Crippen LogP contribution in [0.25, 0.3) is 11.1 Å². The Bertz CT molecular complexity index is 1130. The molecule has 4 rings (SSSR count). The van der Waals surface area contributed by atoms with Crippen LogP contribution in [0.1, 0.15) is 29.5 Å². The van der Waals surface area contributed by atoms with Crippen LogP contribution in [-0.4, -0.2) is 61.5 Å². The Hall–Kier alpha value is -3.24. The van der Waals surface area contributed by atoms with E-state index in [2.05, 4.69) is 94.4 Å². The monoisotopic (exact) mass is 557 g/mol. The van der Waals surface area contributed by atoms with Gasteiger partial charge in [-0.2, -0.15) is 13.2 Å². The molecule has 0 aromatic heterocycles. The van der Waals surface area contributed by atoms with Crippen molar-refractivity contribution in [2.24, 2.45) is 0 Å². The summed E-state index contributed by atoms with van der Waals surface area (Å²) < 4.78 is 36.8. The molecule has 216 valence electrons. The summed E-state index contributed by atoms with van der Waals surface area (Å²) in [5.74, 6) is -2.76. The van der Waals surface area contributed by atoms with E-state index in [1.54, 1.807) is 7.11 Å². The number of carbonyl (C=O) groups is 1. The molecule has 3 N–H and O–H groups in total. The number of carboxylic acid groups (broad SMARTS) is 1. The Morgan fingerprint density at radius 3 is 1.90 bits per heavy atom. The van der Waals surface area contributed by atoms with Gasteiger partial charge in [0.1, 0.15) is 0 Å². The number of alkyl halides is 3. The number of likely N-dealkylation sites (tertiary alicyclic amines) is 1. The van der Waals surface area contributed by atoms with Crippen LogP contribution in [0.15, 0.2) is 78.9 Å². The van der Waals surface area contributed by atoms with Crippen LogP contribution in [0.4, 0.5) is 13.2 Å². The van der Waals surface area contributed by atoms with Crippen molar-refractivity contribution in [2.45, 2.75) is 44.7 Å². The van der Waals surface area contributed by atoms with Crippen LogP contribution in [0.5, 0.6) is 0 Å². The molecule has 0 spiro atoms. The van der Waals surface area contributed by atoms with Gasteiger partial charge in [-0.3, -0.25) is 4.90 Å². The molecule has 0 unspecified atom stereocenters. The average Bonchev–Trinajstić information content (AvgIpc) is 2.96. The predicted molar refractivity (Wildman–Crippen MR) is 151 cm³/mol. The van der Waals surface area contributed by atoms with Gasteiger partial charge in [-0.1, -0.05) is 78.9 Å². The van der Waals surface area contributed by atoms with Gasteiger partial charge in [0.15, 0.2) is 0 Å². The van der Waals surface area contributed by atoms with E-state index >= 15 is 0 Å². The fourth-order valence-corrected chi connectivity index (χ4v) is 4.44. The number of piperidine rings is 1. The molecule has 0 bridgehead atoms. The van der Waals surface area contributed by atoms with Crippen LogP contribution in [0, 0.1) is 0 Å². The maximum absolute atomic E-state index is 10.6. The molecule has 6 nitrogen and oxygen atoms in total. The molecular weight excluding hydrogens is 519 g/mol. The molecule has 1 aliphatic rings. The van der Waals surface area contributed by atoms with Crippen LogP contribution in [0.3, 0.4) is 0 Å². The highest BCUT2D eigenvalue weighted by atomic mass is 19.4. The highest BCUT2D eigenvalue weighted by Gasteiger charge is 2.38. The minimum Gasteiger partial charge on any atom is -0.475 e. The van der Waals surface area contributed by atoms with Crippen molar-refractivity contribution in [3.05, 3.63) is 95.6 Å². The van der Waals surface area contributed by atoms with Gasteiger partial charge in [-0.25, -0.2) is 4.79 Å². The summed E-state index contributed by atoms with van der Waals surface area (Å²) in [6, 6.07) is 29.2. The molecule has 3 aromatic carbocycles. The lowest BCUT2D eigenvalue weighted by Gasteiger charge is -2.32. The van der Waals surface area contributed by atoms with Gasteiger partial charge in [-0.15, -0.1) is 0 Å². The number of nitrogens with zero attached hydrogens (tertiary/aromatic N) is 1. The summed E-state index contributed by atoms with van der Waals surface area (Å²) >= 11 is 0. The van der Waals surface area contributed by atoms with Crippen molar-refractivity contribution in [3.8, 4) is 11.1 Å². The molecule has 1 saturated heterocycles. The van der Waals surface area contributed by atoms with Gasteiger partial charge in [0.05, 0.1) is 6.61 Å². The van der Waals surface area contributed by atoms with Crippen molar-refractivity contribution in [2.75, 3.05) is 33.4 Å². The topological polar surface area (TPSA) is 73.8 Å². The van der Waals surface area contributed by atoms with Gasteiger partial charge < -0.3 is 20.5 Å². The Labute approximate surface area is 234 Å². The smallest absolute Gasteiger partial charge is 0.475 e. The standard InChI is InChI=1S/C29H37N3O.C2HF3O2/c1-33-20-17-30-21-24-7-11-27(12-8-24)28-13-9-25(10-14-28)22-31-29-15-18-32(19-16-29)23-26-5-3-2-4-6-26;3-2(4,5)1(6)7/h2-14,29-31H,15-23H2,1H3;(H,6,7). The number of rotatable bonds is 11. The first kappa shape index (κ1) is 31.3. The lowest BCUT2D eigenvalue weighted by Crippen LogP contribution is -2.41. The van der Waals surface area contributed by atoms with Gasteiger partial charge in [0.25, 0.3) is 0 Å². The normalized spacial score (nSPS) is 14.4. The third-order valence-electron chi connectivity index (χ3n) is 6.73. The van der Waals surface area contributed by atoms with Crippen LogP contribution < -0.4 is 10.6 Å². The lowest BCUT2D eigenvalue weighted by molar-refractivity contribution is -0.192. The average molecular weight is 558 g/mol. The summed E-state index contributed by atoms with van der Waals surface area (Å²) in [6.07, 6.45) is -2.64. The highest BCUT2D eigenvalue weighted by molar-refractivity contribution is 5.73. The van der Waals surface area contributed by atoms with Crippen LogP contribution in [-0.2, 0) is 29.2 Å². The molecule has 1 aliphatic heterocycles. The van der Waals surface area contributed by atoms with E-state index in [1.165, 1.54) is 53.7 Å². The number of carboxylic acids is 1. The SMILES string of the molecule is COCCNCc1ccc(-c2ccc(CNC3CCN(Cc4ccccc4)CC3)cc2)cc1.O=C(O)C(F)(F)F. The minimum absolute atomic E-state index is 0.613. The Morgan fingerprint density at radius 1 is 0.875 bits per heavy atom. The lowest BCUT2D eigenvalue weighted by atomic mass is 10.0. The molecule has 1 heterocycles. The van der Waals surface area contributed by atoms with E-state index in [9.17, 15) is 13.2 Å². The molecule has 0 aliphatic carbocycles. The van der Waals surface area contributed by atoms with Gasteiger partial charge in [0, 0.05) is 39.3 Å². The number of benzene rings is 3. The summed E-state index contributed by atoms with van der Waals surface area (Å²) in [7, 11) is 1.73. The van der Waals surface area contributed by atoms with Crippen molar-refractivity contribution in [1.29, 1.82) is 0 Å². The summed E-state index contributed by atoms with van der Waals surface area (Å²) in [4.78, 5) is 11.5. The van der Waals surface area contributed by atoms with E-state index in [-0.39, 0.29) is 0 Å². The number of methoxy groups -OCH3 is 1. The molecular formula is C31H38F3N3O3. The second-order valence-electron chi connectivity index (χ2n) is 9.78.